The number of pyridine rings is 2. The number of hydrogen-bond acceptors (Lipinski definition) is 3. The van der Waals surface area contributed by atoms with E-state index in [2.05, 4.69) is 22.6 Å². The van der Waals surface area contributed by atoms with Gasteiger partial charge in [-0.25, -0.2) is 0 Å². The molecule has 0 bridgehead atoms. The Kier molecular flexibility index (Phi) is 1.51. The summed E-state index contributed by atoms with van der Waals surface area (Å²) in [6.45, 7) is 0. The molecule has 11 heavy (non-hydrogen) atoms. The summed E-state index contributed by atoms with van der Waals surface area (Å²) in [6, 6.07) is 3.77. The highest BCUT2D eigenvalue weighted by Crippen LogP contribution is 2.17. The molecule has 0 aliphatic heterocycles. The number of rotatable bonds is 0. The van der Waals surface area contributed by atoms with Crippen LogP contribution in [0.5, 0.6) is 0 Å². The predicted molar refractivity (Wildman–Crippen MR) is 46.8 cm³/mol. The second-order valence-electron chi connectivity index (χ2n) is 2.22. The number of aromatic nitrogens is 2. The molecule has 0 fully saturated rings. The first kappa shape index (κ1) is 6.61. The fourth-order valence-corrected chi connectivity index (χ4v) is 1.24. The predicted octanol–water partition coefficient (Wildman–Crippen LogP) is 1.92. The highest BCUT2D eigenvalue weighted by molar-refractivity contribution is 7.80. The lowest BCUT2D eigenvalue weighted by atomic mass is 10.3. The van der Waals surface area contributed by atoms with Crippen molar-refractivity contribution in [1.82, 2.24) is 9.97 Å². The lowest BCUT2D eigenvalue weighted by Gasteiger charge is -1.96. The molecule has 0 saturated carbocycles. The molecule has 0 radical (unpaired) electrons. The van der Waals surface area contributed by atoms with Gasteiger partial charge >= 0.3 is 0 Å². The van der Waals surface area contributed by atoms with E-state index >= 15 is 0 Å². The molecule has 0 aliphatic rings. The summed E-state index contributed by atoms with van der Waals surface area (Å²) in [5, 5.41) is 1.05. The van der Waals surface area contributed by atoms with E-state index in [0.29, 0.717) is 0 Å². The Morgan fingerprint density at radius 3 is 2.91 bits per heavy atom. The topological polar surface area (TPSA) is 25.8 Å². The van der Waals surface area contributed by atoms with Gasteiger partial charge in [-0.05, 0) is 12.1 Å². The van der Waals surface area contributed by atoms with E-state index in [1.54, 1.807) is 18.6 Å². The van der Waals surface area contributed by atoms with Gasteiger partial charge in [-0.3, -0.25) is 9.97 Å². The quantitative estimate of drug-likeness (QED) is 0.599. The Hall–Kier alpha value is -1.09. The summed E-state index contributed by atoms with van der Waals surface area (Å²) in [5.41, 5.74) is 0.889. The van der Waals surface area contributed by atoms with Crippen molar-refractivity contribution < 1.29 is 0 Å². The van der Waals surface area contributed by atoms with Crippen LogP contribution >= 0.6 is 12.6 Å². The third-order valence-corrected chi connectivity index (χ3v) is 1.91. The van der Waals surface area contributed by atoms with Crippen molar-refractivity contribution >= 4 is 23.5 Å². The Morgan fingerprint density at radius 1 is 1.18 bits per heavy atom. The van der Waals surface area contributed by atoms with Gasteiger partial charge in [-0.15, -0.1) is 12.6 Å². The Labute approximate surface area is 69.7 Å². The van der Waals surface area contributed by atoms with E-state index in [1.165, 1.54) is 0 Å². The van der Waals surface area contributed by atoms with Gasteiger partial charge in [0.25, 0.3) is 0 Å². The minimum atomic E-state index is 0.889. The Balaban J connectivity index is 2.91. The number of hydrogen-bond donors (Lipinski definition) is 1. The Bertz CT molecular complexity index is 381. The van der Waals surface area contributed by atoms with Crippen LogP contribution in [0.15, 0.2) is 35.6 Å². The third-order valence-electron chi connectivity index (χ3n) is 1.52. The van der Waals surface area contributed by atoms with E-state index < -0.39 is 0 Å². The first-order valence-electron chi connectivity index (χ1n) is 3.25. The van der Waals surface area contributed by atoms with E-state index in [-0.39, 0.29) is 0 Å². The lowest BCUT2D eigenvalue weighted by molar-refractivity contribution is 1.29. The van der Waals surface area contributed by atoms with Crippen LogP contribution in [0.4, 0.5) is 0 Å². The van der Waals surface area contributed by atoms with Crippen molar-refractivity contribution in [2.75, 3.05) is 0 Å². The second-order valence-corrected chi connectivity index (χ2v) is 2.70. The zero-order chi connectivity index (χ0) is 7.68. The normalized spacial score (nSPS) is 10.3. The molecule has 2 nitrogen and oxygen atoms in total. The summed E-state index contributed by atoms with van der Waals surface area (Å²) < 4.78 is 0. The van der Waals surface area contributed by atoms with Gasteiger partial charge < -0.3 is 0 Å². The second kappa shape index (κ2) is 2.51. The minimum Gasteiger partial charge on any atom is -0.262 e. The molecule has 0 aromatic carbocycles. The molecule has 54 valence electrons. The van der Waals surface area contributed by atoms with E-state index in [9.17, 15) is 0 Å². The summed E-state index contributed by atoms with van der Waals surface area (Å²) >= 11 is 4.28. The fraction of sp³-hybridized carbons (Fsp3) is 0. The zero-order valence-electron chi connectivity index (χ0n) is 5.73. The standard InChI is InChI=1S/C8H6N2S/c11-8-2-4-10-7-5-9-3-1-6(7)8/h1-5H,(H,10,11). The van der Waals surface area contributed by atoms with E-state index in [0.717, 1.165) is 15.8 Å². The van der Waals surface area contributed by atoms with Crippen LogP contribution in [0.3, 0.4) is 0 Å². The van der Waals surface area contributed by atoms with Crippen molar-refractivity contribution in [3.05, 3.63) is 30.7 Å². The number of thiol groups is 1. The molecule has 0 unspecified atom stereocenters. The molecule has 3 heteroatoms. The van der Waals surface area contributed by atoms with Gasteiger partial charge in [0.2, 0.25) is 0 Å². The van der Waals surface area contributed by atoms with Gasteiger partial charge in [0.05, 0.1) is 11.7 Å². The molecule has 2 rings (SSSR count). The highest BCUT2D eigenvalue weighted by atomic mass is 32.1. The van der Waals surface area contributed by atoms with Crippen molar-refractivity contribution in [2.45, 2.75) is 4.90 Å². The molecule has 0 spiro atoms. The zero-order valence-corrected chi connectivity index (χ0v) is 6.62. The smallest absolute Gasteiger partial charge is 0.0896 e. The summed E-state index contributed by atoms with van der Waals surface area (Å²) in [7, 11) is 0. The van der Waals surface area contributed by atoms with E-state index in [4.69, 9.17) is 0 Å². The van der Waals surface area contributed by atoms with Crippen molar-refractivity contribution in [3.63, 3.8) is 0 Å². The molecular formula is C8H6N2S. The molecule has 0 aliphatic carbocycles. The van der Waals surface area contributed by atoms with Crippen molar-refractivity contribution in [3.8, 4) is 0 Å². The first-order chi connectivity index (χ1) is 5.38. The minimum absolute atomic E-state index is 0.889. The van der Waals surface area contributed by atoms with Crippen LogP contribution < -0.4 is 0 Å². The van der Waals surface area contributed by atoms with Crippen LogP contribution in [0.2, 0.25) is 0 Å². The van der Waals surface area contributed by atoms with Gasteiger partial charge in [0.15, 0.2) is 0 Å². The number of nitrogens with zero attached hydrogens (tertiary/aromatic N) is 2. The molecule has 0 amide bonds. The van der Waals surface area contributed by atoms with E-state index in [1.807, 2.05) is 12.1 Å². The average Bonchev–Trinajstić information content (AvgIpc) is 2.06. The van der Waals surface area contributed by atoms with Gasteiger partial charge in [0, 0.05) is 22.7 Å². The van der Waals surface area contributed by atoms with Crippen LogP contribution in [-0.4, -0.2) is 9.97 Å². The van der Waals surface area contributed by atoms with Gasteiger partial charge in [-0.1, -0.05) is 0 Å². The molecule has 0 N–H and O–H groups in total. The van der Waals surface area contributed by atoms with Crippen molar-refractivity contribution in [2.24, 2.45) is 0 Å². The maximum absolute atomic E-state index is 4.28. The fourth-order valence-electron chi connectivity index (χ4n) is 0.984. The van der Waals surface area contributed by atoms with Gasteiger partial charge in [0.1, 0.15) is 0 Å². The maximum atomic E-state index is 4.28. The third kappa shape index (κ3) is 1.07. The maximum Gasteiger partial charge on any atom is 0.0896 e. The molecule has 0 saturated heterocycles. The molecule has 0 atom stereocenters. The van der Waals surface area contributed by atoms with Crippen molar-refractivity contribution in [1.29, 1.82) is 0 Å². The van der Waals surface area contributed by atoms with Gasteiger partial charge in [-0.2, -0.15) is 0 Å². The molecule has 2 aromatic heterocycles. The van der Waals surface area contributed by atoms with Crippen LogP contribution in [0, 0.1) is 0 Å². The summed E-state index contributed by atoms with van der Waals surface area (Å²) in [6.07, 6.45) is 5.20. The lowest BCUT2D eigenvalue weighted by Crippen LogP contribution is -1.79. The highest BCUT2D eigenvalue weighted by Gasteiger charge is 1.95. The Morgan fingerprint density at radius 2 is 2.09 bits per heavy atom. The monoisotopic (exact) mass is 162 g/mol. The first-order valence-corrected chi connectivity index (χ1v) is 3.70. The van der Waals surface area contributed by atoms with Crippen LogP contribution in [-0.2, 0) is 0 Å². The molecule has 2 heterocycles. The molecular weight excluding hydrogens is 156 g/mol. The van der Waals surface area contributed by atoms with Crippen LogP contribution in [0.1, 0.15) is 0 Å². The summed E-state index contributed by atoms with van der Waals surface area (Å²) in [5.74, 6) is 0. The van der Waals surface area contributed by atoms with Crippen LogP contribution in [0.25, 0.3) is 10.9 Å². The molecule has 2 aromatic rings. The summed E-state index contributed by atoms with van der Waals surface area (Å²) in [4.78, 5) is 9.03. The SMILES string of the molecule is Sc1ccnc2cnccc12. The largest absolute Gasteiger partial charge is 0.262 e. The number of fused-ring (bicyclic) bond motifs is 1. The average molecular weight is 162 g/mol.